The third kappa shape index (κ3) is 4.58. The van der Waals surface area contributed by atoms with Crippen LogP contribution in [0.5, 0.6) is 17.2 Å². The van der Waals surface area contributed by atoms with Gasteiger partial charge in [-0.05, 0) is 36.2 Å². The Hall–Kier alpha value is -2.90. The largest absolute Gasteiger partial charge is 0.573 e. The van der Waals surface area contributed by atoms with Crippen LogP contribution >= 0.6 is 0 Å². The first-order valence-corrected chi connectivity index (χ1v) is 9.09. The van der Waals surface area contributed by atoms with Gasteiger partial charge in [0.05, 0.1) is 25.8 Å². The summed E-state index contributed by atoms with van der Waals surface area (Å²) >= 11 is 0. The van der Waals surface area contributed by atoms with Crippen LogP contribution in [0.4, 0.5) is 13.2 Å². The van der Waals surface area contributed by atoms with E-state index in [-0.39, 0.29) is 30.2 Å². The number of benzene rings is 2. The molecule has 2 atom stereocenters. The second-order valence-electron chi connectivity index (χ2n) is 6.89. The Morgan fingerprint density at radius 1 is 1.03 bits per heavy atom. The van der Waals surface area contributed by atoms with Crippen molar-refractivity contribution in [2.24, 2.45) is 5.92 Å². The monoisotopic (exact) mass is 409 g/mol. The second kappa shape index (κ2) is 8.23. The molecule has 1 fully saturated rings. The van der Waals surface area contributed by atoms with Gasteiger partial charge in [-0.3, -0.25) is 4.79 Å². The van der Waals surface area contributed by atoms with Crippen LogP contribution in [-0.2, 0) is 11.3 Å². The molecule has 8 heteroatoms. The van der Waals surface area contributed by atoms with E-state index in [0.29, 0.717) is 23.5 Å². The van der Waals surface area contributed by atoms with Gasteiger partial charge in [-0.2, -0.15) is 0 Å². The van der Waals surface area contributed by atoms with Crippen LogP contribution < -0.4 is 14.2 Å². The Bertz CT molecular complexity index is 845. The van der Waals surface area contributed by atoms with Gasteiger partial charge in [0.15, 0.2) is 0 Å². The third-order valence-corrected chi connectivity index (χ3v) is 4.97. The van der Waals surface area contributed by atoms with Gasteiger partial charge in [-0.25, -0.2) is 0 Å². The highest BCUT2D eigenvalue weighted by Gasteiger charge is 2.40. The predicted molar refractivity (Wildman–Crippen MR) is 99.7 cm³/mol. The smallest absolute Gasteiger partial charge is 0.496 e. The normalized spacial score (nSPS) is 19.4. The molecule has 1 saturated heterocycles. The summed E-state index contributed by atoms with van der Waals surface area (Å²) < 4.78 is 51.9. The zero-order chi connectivity index (χ0) is 21.2. The molecule has 156 valence electrons. The number of alkyl halides is 3. The Balaban J connectivity index is 1.89. The topological polar surface area (TPSA) is 48.0 Å². The number of amides is 1. The number of hydrogen-bond donors (Lipinski definition) is 0. The maximum absolute atomic E-state index is 12.8. The lowest BCUT2D eigenvalue weighted by atomic mass is 9.98. The SMILES string of the molecule is COc1cccc(OC)c1[C@@H]1C[C@H](C)C(=O)N1Cc1ccc(OC(F)(F)F)cc1. The molecule has 1 amide bonds. The van der Waals surface area contributed by atoms with Gasteiger partial charge in [-0.15, -0.1) is 13.2 Å². The molecule has 2 aromatic carbocycles. The highest BCUT2D eigenvalue weighted by molar-refractivity contribution is 5.82. The van der Waals surface area contributed by atoms with E-state index in [1.165, 1.54) is 24.3 Å². The van der Waals surface area contributed by atoms with Gasteiger partial charge >= 0.3 is 6.36 Å². The fraction of sp³-hybridized carbons (Fsp3) is 0.381. The fourth-order valence-electron chi connectivity index (χ4n) is 3.66. The van der Waals surface area contributed by atoms with Crippen molar-refractivity contribution in [3.05, 3.63) is 53.6 Å². The molecular weight excluding hydrogens is 387 g/mol. The summed E-state index contributed by atoms with van der Waals surface area (Å²) in [4.78, 5) is 14.5. The zero-order valence-corrected chi connectivity index (χ0v) is 16.3. The summed E-state index contributed by atoms with van der Waals surface area (Å²) in [6, 6.07) is 10.7. The number of rotatable bonds is 6. The Kier molecular flexibility index (Phi) is 5.91. The van der Waals surface area contributed by atoms with Gasteiger partial charge in [0.25, 0.3) is 0 Å². The quantitative estimate of drug-likeness (QED) is 0.693. The Morgan fingerprint density at radius 2 is 1.62 bits per heavy atom. The Morgan fingerprint density at radius 3 is 2.14 bits per heavy atom. The van der Waals surface area contributed by atoms with E-state index >= 15 is 0 Å². The maximum Gasteiger partial charge on any atom is 0.573 e. The van der Waals surface area contributed by atoms with Gasteiger partial charge in [0.2, 0.25) is 5.91 Å². The highest BCUT2D eigenvalue weighted by Crippen LogP contribution is 2.45. The van der Waals surface area contributed by atoms with E-state index in [1.807, 2.05) is 25.1 Å². The molecule has 0 N–H and O–H groups in total. The van der Waals surface area contributed by atoms with E-state index in [9.17, 15) is 18.0 Å². The standard InChI is InChI=1S/C21H22F3NO4/c1-13-11-16(19-17(27-2)5-4-6-18(19)28-3)25(20(13)26)12-14-7-9-15(10-8-14)29-21(22,23)24/h4-10,13,16H,11-12H2,1-3H3/t13-,16-/m0/s1. The lowest BCUT2D eigenvalue weighted by molar-refractivity contribution is -0.274. The number of halogens is 3. The molecule has 0 aromatic heterocycles. The summed E-state index contributed by atoms with van der Waals surface area (Å²) in [7, 11) is 3.12. The van der Waals surface area contributed by atoms with E-state index in [2.05, 4.69) is 4.74 Å². The minimum absolute atomic E-state index is 0.0291. The number of nitrogens with zero attached hydrogens (tertiary/aromatic N) is 1. The molecule has 3 rings (SSSR count). The van der Waals surface area contributed by atoms with E-state index < -0.39 is 6.36 Å². The average molecular weight is 409 g/mol. The molecule has 29 heavy (non-hydrogen) atoms. The number of carbonyl (C=O) groups is 1. The molecule has 0 saturated carbocycles. The van der Waals surface area contributed by atoms with Crippen LogP contribution in [0.25, 0.3) is 0 Å². The van der Waals surface area contributed by atoms with Crippen LogP contribution in [0, 0.1) is 5.92 Å². The van der Waals surface area contributed by atoms with Gasteiger partial charge in [0.1, 0.15) is 17.2 Å². The van der Waals surface area contributed by atoms with Crippen LogP contribution in [-0.4, -0.2) is 31.4 Å². The molecule has 1 aliphatic heterocycles. The second-order valence-corrected chi connectivity index (χ2v) is 6.89. The third-order valence-electron chi connectivity index (χ3n) is 4.97. The summed E-state index contributed by atoms with van der Waals surface area (Å²) in [6.45, 7) is 2.11. The molecule has 1 heterocycles. The molecule has 0 spiro atoms. The predicted octanol–water partition coefficient (Wildman–Crippen LogP) is 4.71. The average Bonchev–Trinajstić information content (AvgIpc) is 2.95. The first-order valence-electron chi connectivity index (χ1n) is 9.09. The van der Waals surface area contributed by atoms with E-state index in [4.69, 9.17) is 9.47 Å². The van der Waals surface area contributed by atoms with Crippen LogP contribution in [0.2, 0.25) is 0 Å². The van der Waals surface area contributed by atoms with Crippen molar-refractivity contribution in [3.63, 3.8) is 0 Å². The zero-order valence-electron chi connectivity index (χ0n) is 16.3. The number of hydrogen-bond acceptors (Lipinski definition) is 4. The summed E-state index contributed by atoms with van der Waals surface area (Å²) in [6.07, 6.45) is -4.15. The number of ether oxygens (including phenoxy) is 3. The molecule has 0 unspecified atom stereocenters. The summed E-state index contributed by atoms with van der Waals surface area (Å²) in [5.74, 6) is 0.719. The van der Waals surface area contributed by atoms with Crippen molar-refractivity contribution in [3.8, 4) is 17.2 Å². The minimum atomic E-state index is -4.74. The molecule has 0 aliphatic carbocycles. The van der Waals surface area contributed by atoms with Crippen molar-refractivity contribution in [1.82, 2.24) is 4.90 Å². The van der Waals surface area contributed by atoms with Crippen LogP contribution in [0.3, 0.4) is 0 Å². The van der Waals surface area contributed by atoms with Gasteiger partial charge in [-0.1, -0.05) is 25.1 Å². The number of methoxy groups -OCH3 is 2. The van der Waals surface area contributed by atoms with Crippen molar-refractivity contribution < 1.29 is 32.2 Å². The van der Waals surface area contributed by atoms with E-state index in [0.717, 1.165) is 5.56 Å². The van der Waals surface area contributed by atoms with Crippen LogP contribution in [0.1, 0.15) is 30.5 Å². The maximum atomic E-state index is 12.8. The number of carbonyl (C=O) groups excluding carboxylic acids is 1. The van der Waals surface area contributed by atoms with Crippen molar-refractivity contribution in [1.29, 1.82) is 0 Å². The number of likely N-dealkylation sites (tertiary alicyclic amines) is 1. The van der Waals surface area contributed by atoms with Gasteiger partial charge < -0.3 is 19.1 Å². The molecular formula is C21H22F3NO4. The lowest BCUT2D eigenvalue weighted by Gasteiger charge is -2.28. The fourth-order valence-corrected chi connectivity index (χ4v) is 3.66. The summed E-state index contributed by atoms with van der Waals surface area (Å²) in [5.41, 5.74) is 1.48. The minimum Gasteiger partial charge on any atom is -0.496 e. The summed E-state index contributed by atoms with van der Waals surface area (Å²) in [5, 5.41) is 0. The lowest BCUT2D eigenvalue weighted by Crippen LogP contribution is -2.29. The Labute approximate surface area is 167 Å². The molecule has 5 nitrogen and oxygen atoms in total. The van der Waals surface area contributed by atoms with Crippen molar-refractivity contribution >= 4 is 5.91 Å². The van der Waals surface area contributed by atoms with E-state index in [1.54, 1.807) is 19.1 Å². The molecule has 0 bridgehead atoms. The highest BCUT2D eigenvalue weighted by atomic mass is 19.4. The first kappa shape index (κ1) is 20.8. The first-order chi connectivity index (χ1) is 13.7. The van der Waals surface area contributed by atoms with Crippen molar-refractivity contribution in [2.75, 3.05) is 14.2 Å². The molecule has 0 radical (unpaired) electrons. The van der Waals surface area contributed by atoms with Crippen molar-refractivity contribution in [2.45, 2.75) is 32.3 Å². The molecule has 1 aliphatic rings. The van der Waals surface area contributed by atoms with Crippen LogP contribution in [0.15, 0.2) is 42.5 Å². The molecule has 2 aromatic rings. The van der Waals surface area contributed by atoms with Gasteiger partial charge in [0, 0.05) is 12.5 Å².